The minimum absolute atomic E-state index is 0.307. The zero-order valence-corrected chi connectivity index (χ0v) is 13.5. The number of hydrogen-bond donors (Lipinski definition) is 0. The first-order valence-electron chi connectivity index (χ1n) is 8.08. The summed E-state index contributed by atoms with van der Waals surface area (Å²) in [6.45, 7) is 2.04. The molecule has 0 spiro atoms. The Morgan fingerprint density at radius 2 is 1.29 bits per heavy atom. The van der Waals surface area contributed by atoms with E-state index in [9.17, 15) is 0 Å². The Labute approximate surface area is 142 Å². The number of hydrogen-bond acceptors (Lipinski definition) is 3. The van der Waals surface area contributed by atoms with E-state index in [0.717, 1.165) is 16.8 Å². The predicted octanol–water partition coefficient (Wildman–Crippen LogP) is 5.03. The first kappa shape index (κ1) is 14.9. The van der Waals surface area contributed by atoms with Gasteiger partial charge < -0.3 is 4.90 Å². The van der Waals surface area contributed by atoms with Gasteiger partial charge in [0.25, 0.3) is 0 Å². The third-order valence-corrected chi connectivity index (χ3v) is 4.42. The monoisotopic (exact) mass is 317 g/mol. The molecule has 1 aliphatic rings. The molecule has 2 unspecified atom stereocenters. The molecule has 0 saturated carbocycles. The SMILES string of the molecule is CC1(c2ccccc2)OOC(c2ccccc2)N1c1ccccc1. The lowest BCUT2D eigenvalue weighted by Crippen LogP contribution is -2.41. The number of rotatable bonds is 3. The van der Waals surface area contributed by atoms with Gasteiger partial charge in [0.05, 0.1) is 0 Å². The quantitative estimate of drug-likeness (QED) is 0.633. The highest BCUT2D eigenvalue weighted by atomic mass is 17.2. The van der Waals surface area contributed by atoms with Crippen LogP contribution in [0.3, 0.4) is 0 Å². The summed E-state index contributed by atoms with van der Waals surface area (Å²) in [5, 5.41) is 0. The van der Waals surface area contributed by atoms with Crippen molar-refractivity contribution < 1.29 is 9.78 Å². The minimum atomic E-state index is -0.705. The van der Waals surface area contributed by atoms with E-state index in [0.29, 0.717) is 0 Å². The van der Waals surface area contributed by atoms with Crippen molar-refractivity contribution in [3.05, 3.63) is 102 Å². The van der Waals surface area contributed by atoms with Crippen LogP contribution in [0.25, 0.3) is 0 Å². The lowest BCUT2D eigenvalue weighted by atomic mass is 10.0. The Bertz CT molecular complexity index is 792. The highest BCUT2D eigenvalue weighted by Crippen LogP contribution is 2.47. The first-order valence-corrected chi connectivity index (χ1v) is 8.08. The molecule has 3 heteroatoms. The van der Waals surface area contributed by atoms with Crippen molar-refractivity contribution in [2.24, 2.45) is 0 Å². The average Bonchev–Trinajstić information content (AvgIpc) is 3.03. The average molecular weight is 317 g/mol. The summed E-state index contributed by atoms with van der Waals surface area (Å²) in [4.78, 5) is 13.9. The van der Waals surface area contributed by atoms with Gasteiger partial charge >= 0.3 is 0 Å². The second-order valence-corrected chi connectivity index (χ2v) is 6.00. The second kappa shape index (κ2) is 6.11. The molecule has 3 aromatic carbocycles. The number of nitrogens with zero attached hydrogens (tertiary/aromatic N) is 1. The Morgan fingerprint density at radius 1 is 0.750 bits per heavy atom. The molecule has 1 heterocycles. The number of para-hydroxylation sites is 1. The summed E-state index contributed by atoms with van der Waals surface area (Å²) < 4.78 is 0. The highest BCUT2D eigenvalue weighted by molar-refractivity contribution is 5.52. The summed E-state index contributed by atoms with van der Waals surface area (Å²) in [6.07, 6.45) is -0.307. The molecule has 0 aliphatic carbocycles. The molecule has 1 saturated heterocycles. The third-order valence-electron chi connectivity index (χ3n) is 4.42. The number of anilines is 1. The second-order valence-electron chi connectivity index (χ2n) is 6.00. The largest absolute Gasteiger partial charge is 0.305 e. The van der Waals surface area contributed by atoms with Gasteiger partial charge in [0.15, 0.2) is 6.23 Å². The van der Waals surface area contributed by atoms with E-state index in [1.807, 2.05) is 61.5 Å². The Morgan fingerprint density at radius 3 is 1.92 bits per heavy atom. The summed E-state index contributed by atoms with van der Waals surface area (Å²) in [6, 6.07) is 30.5. The Kier molecular flexibility index (Phi) is 3.81. The van der Waals surface area contributed by atoms with Crippen LogP contribution in [0.4, 0.5) is 5.69 Å². The van der Waals surface area contributed by atoms with Crippen LogP contribution >= 0.6 is 0 Å². The molecule has 0 radical (unpaired) electrons. The minimum Gasteiger partial charge on any atom is -0.305 e. The van der Waals surface area contributed by atoms with Crippen LogP contribution in [0.1, 0.15) is 24.3 Å². The summed E-state index contributed by atoms with van der Waals surface area (Å²) in [5.74, 6) is 0. The zero-order valence-electron chi connectivity index (χ0n) is 13.5. The van der Waals surface area contributed by atoms with Crippen molar-refractivity contribution in [2.75, 3.05) is 4.90 Å². The van der Waals surface area contributed by atoms with Crippen molar-refractivity contribution in [3.8, 4) is 0 Å². The van der Waals surface area contributed by atoms with E-state index < -0.39 is 5.72 Å². The van der Waals surface area contributed by atoms with E-state index >= 15 is 0 Å². The topological polar surface area (TPSA) is 21.7 Å². The van der Waals surface area contributed by atoms with Crippen molar-refractivity contribution >= 4 is 5.69 Å². The Hall–Kier alpha value is -2.62. The summed E-state index contributed by atoms with van der Waals surface area (Å²) >= 11 is 0. The lowest BCUT2D eigenvalue weighted by molar-refractivity contribution is -0.328. The molecule has 3 aromatic rings. The van der Waals surface area contributed by atoms with Crippen LogP contribution in [0.15, 0.2) is 91.0 Å². The molecule has 1 aliphatic heterocycles. The van der Waals surface area contributed by atoms with E-state index in [4.69, 9.17) is 9.78 Å². The van der Waals surface area contributed by atoms with Gasteiger partial charge in [-0.15, -0.1) is 0 Å². The van der Waals surface area contributed by atoms with Gasteiger partial charge in [0.1, 0.15) is 0 Å². The summed E-state index contributed by atoms with van der Waals surface area (Å²) in [5.41, 5.74) is 2.45. The fourth-order valence-corrected chi connectivity index (χ4v) is 3.17. The van der Waals surface area contributed by atoms with E-state index in [2.05, 4.69) is 41.3 Å². The third kappa shape index (κ3) is 2.48. The fourth-order valence-electron chi connectivity index (χ4n) is 3.17. The standard InChI is InChI=1S/C21H19NO2/c1-21(18-13-7-3-8-14-18)22(19-15-9-4-10-16-19)20(23-24-21)17-11-5-2-6-12-17/h2-16,20H,1H3. The van der Waals surface area contributed by atoms with Crippen LogP contribution < -0.4 is 4.90 Å². The van der Waals surface area contributed by atoms with E-state index in [-0.39, 0.29) is 6.23 Å². The van der Waals surface area contributed by atoms with Crippen LogP contribution in [0.5, 0.6) is 0 Å². The molecule has 24 heavy (non-hydrogen) atoms. The molecular formula is C21H19NO2. The predicted molar refractivity (Wildman–Crippen MR) is 94.1 cm³/mol. The van der Waals surface area contributed by atoms with Crippen LogP contribution in [0.2, 0.25) is 0 Å². The van der Waals surface area contributed by atoms with Gasteiger partial charge in [-0.05, 0) is 19.1 Å². The molecule has 0 bridgehead atoms. The molecule has 0 amide bonds. The van der Waals surface area contributed by atoms with Crippen LogP contribution in [0, 0.1) is 0 Å². The molecule has 1 fully saturated rings. The Balaban J connectivity index is 1.83. The van der Waals surface area contributed by atoms with Gasteiger partial charge in [0.2, 0.25) is 5.72 Å². The van der Waals surface area contributed by atoms with Crippen LogP contribution in [-0.2, 0) is 15.5 Å². The molecule has 4 rings (SSSR count). The lowest BCUT2D eigenvalue weighted by Gasteiger charge is -2.35. The van der Waals surface area contributed by atoms with Gasteiger partial charge in [0, 0.05) is 16.8 Å². The zero-order chi connectivity index (χ0) is 16.4. The smallest absolute Gasteiger partial charge is 0.200 e. The van der Waals surface area contributed by atoms with Crippen molar-refractivity contribution in [1.82, 2.24) is 0 Å². The van der Waals surface area contributed by atoms with Crippen molar-refractivity contribution in [2.45, 2.75) is 18.9 Å². The van der Waals surface area contributed by atoms with Crippen molar-refractivity contribution in [1.29, 1.82) is 0 Å². The van der Waals surface area contributed by atoms with Crippen molar-refractivity contribution in [3.63, 3.8) is 0 Å². The normalized spacial score (nSPS) is 23.4. The highest BCUT2D eigenvalue weighted by Gasteiger charge is 2.48. The maximum Gasteiger partial charge on any atom is 0.200 e. The molecule has 2 atom stereocenters. The van der Waals surface area contributed by atoms with Gasteiger partial charge in [-0.3, -0.25) is 0 Å². The van der Waals surface area contributed by atoms with E-state index in [1.54, 1.807) is 0 Å². The van der Waals surface area contributed by atoms with Gasteiger partial charge in [-0.1, -0.05) is 78.9 Å². The maximum atomic E-state index is 5.89. The molecular weight excluding hydrogens is 298 g/mol. The summed E-state index contributed by atoms with van der Waals surface area (Å²) in [7, 11) is 0. The molecule has 120 valence electrons. The van der Waals surface area contributed by atoms with Crippen LogP contribution in [-0.4, -0.2) is 0 Å². The van der Waals surface area contributed by atoms with E-state index in [1.165, 1.54) is 0 Å². The molecule has 0 aromatic heterocycles. The fraction of sp³-hybridized carbons (Fsp3) is 0.143. The number of benzene rings is 3. The molecule has 3 nitrogen and oxygen atoms in total. The maximum absolute atomic E-state index is 5.89. The molecule has 0 N–H and O–H groups in total. The van der Waals surface area contributed by atoms with Gasteiger partial charge in [-0.2, -0.15) is 0 Å². The first-order chi connectivity index (χ1) is 11.8. The van der Waals surface area contributed by atoms with Gasteiger partial charge in [-0.25, -0.2) is 9.78 Å².